The highest BCUT2D eigenvalue weighted by Gasteiger charge is 2.25. The zero-order valence-electron chi connectivity index (χ0n) is 16.0. The van der Waals surface area contributed by atoms with Crippen molar-refractivity contribution in [3.63, 3.8) is 0 Å². The SMILES string of the molecule is O=C(O)c1ccc(C2CCCN(C(=O)Cn3ccc(=O)c4ccccc43)C2)cc1. The van der Waals surface area contributed by atoms with Crippen LogP contribution in [0, 0.1) is 0 Å². The summed E-state index contributed by atoms with van der Waals surface area (Å²) >= 11 is 0. The first-order chi connectivity index (χ1) is 14.0. The Hall–Kier alpha value is -3.41. The standard InChI is InChI=1S/C23H22N2O4/c26-21-11-13-24(20-6-2-1-5-19(20)21)15-22(27)25-12-3-4-18(14-25)16-7-9-17(10-8-16)23(28)29/h1-2,5-11,13,18H,3-4,12,14-15H2,(H,28,29). The molecule has 1 amide bonds. The van der Waals surface area contributed by atoms with Gasteiger partial charge in [0.2, 0.25) is 5.91 Å². The lowest BCUT2D eigenvalue weighted by Crippen LogP contribution is -2.41. The number of rotatable bonds is 4. The minimum absolute atomic E-state index is 0.0191. The highest BCUT2D eigenvalue weighted by atomic mass is 16.4. The van der Waals surface area contributed by atoms with Crippen LogP contribution in [-0.2, 0) is 11.3 Å². The zero-order valence-corrected chi connectivity index (χ0v) is 16.0. The maximum Gasteiger partial charge on any atom is 0.335 e. The Balaban J connectivity index is 1.50. The van der Waals surface area contributed by atoms with Crippen molar-refractivity contribution in [1.29, 1.82) is 0 Å². The largest absolute Gasteiger partial charge is 0.478 e. The van der Waals surface area contributed by atoms with Crippen LogP contribution in [-0.4, -0.2) is 39.5 Å². The lowest BCUT2D eigenvalue weighted by atomic mass is 9.90. The van der Waals surface area contributed by atoms with Crippen molar-refractivity contribution in [1.82, 2.24) is 9.47 Å². The summed E-state index contributed by atoms with van der Waals surface area (Å²) in [6.07, 6.45) is 3.55. The number of aromatic carboxylic acids is 1. The van der Waals surface area contributed by atoms with Crippen LogP contribution in [0.1, 0.15) is 34.7 Å². The number of likely N-dealkylation sites (tertiary alicyclic amines) is 1. The van der Waals surface area contributed by atoms with E-state index in [-0.39, 0.29) is 29.4 Å². The Morgan fingerprint density at radius 2 is 1.79 bits per heavy atom. The van der Waals surface area contributed by atoms with Gasteiger partial charge in [-0.2, -0.15) is 0 Å². The van der Waals surface area contributed by atoms with Crippen molar-refractivity contribution in [3.8, 4) is 0 Å². The number of carbonyl (C=O) groups excluding carboxylic acids is 1. The third kappa shape index (κ3) is 3.92. The van der Waals surface area contributed by atoms with Gasteiger partial charge in [0, 0.05) is 36.7 Å². The van der Waals surface area contributed by atoms with Crippen molar-refractivity contribution in [3.05, 3.63) is 82.1 Å². The highest BCUT2D eigenvalue weighted by molar-refractivity contribution is 5.87. The third-order valence-corrected chi connectivity index (χ3v) is 5.59. The number of nitrogens with zero attached hydrogens (tertiary/aromatic N) is 2. The molecule has 1 fully saturated rings. The molecule has 2 aromatic carbocycles. The molecule has 1 aliphatic heterocycles. The van der Waals surface area contributed by atoms with Crippen molar-refractivity contribution in [2.45, 2.75) is 25.3 Å². The number of aromatic nitrogens is 1. The van der Waals surface area contributed by atoms with E-state index in [9.17, 15) is 14.4 Å². The van der Waals surface area contributed by atoms with Gasteiger partial charge in [-0.15, -0.1) is 0 Å². The van der Waals surface area contributed by atoms with Gasteiger partial charge in [0.15, 0.2) is 5.43 Å². The molecule has 29 heavy (non-hydrogen) atoms. The predicted molar refractivity (Wildman–Crippen MR) is 110 cm³/mol. The van der Waals surface area contributed by atoms with E-state index in [4.69, 9.17) is 5.11 Å². The van der Waals surface area contributed by atoms with Crippen molar-refractivity contribution < 1.29 is 14.7 Å². The molecule has 1 unspecified atom stereocenters. The summed E-state index contributed by atoms with van der Waals surface area (Å²) in [7, 11) is 0. The molecular formula is C23H22N2O4. The molecule has 3 aromatic rings. The molecule has 1 N–H and O–H groups in total. The van der Waals surface area contributed by atoms with Crippen LogP contribution in [0.25, 0.3) is 10.9 Å². The van der Waals surface area contributed by atoms with Crippen LogP contribution in [0.15, 0.2) is 65.6 Å². The molecule has 0 radical (unpaired) electrons. The van der Waals surface area contributed by atoms with Gasteiger partial charge in [0.1, 0.15) is 6.54 Å². The topological polar surface area (TPSA) is 79.6 Å². The van der Waals surface area contributed by atoms with E-state index >= 15 is 0 Å². The van der Waals surface area contributed by atoms with E-state index in [1.807, 2.05) is 39.8 Å². The monoisotopic (exact) mass is 390 g/mol. The van der Waals surface area contributed by atoms with Gasteiger partial charge in [-0.05, 0) is 42.7 Å². The number of amides is 1. The van der Waals surface area contributed by atoms with Crippen LogP contribution >= 0.6 is 0 Å². The van der Waals surface area contributed by atoms with E-state index in [1.54, 1.807) is 24.4 Å². The molecule has 1 atom stereocenters. The molecule has 1 aliphatic rings. The van der Waals surface area contributed by atoms with Crippen LogP contribution in [0.3, 0.4) is 0 Å². The first kappa shape index (κ1) is 18.9. The van der Waals surface area contributed by atoms with Crippen molar-refractivity contribution >= 4 is 22.8 Å². The number of carbonyl (C=O) groups is 2. The second-order valence-corrected chi connectivity index (χ2v) is 7.43. The molecule has 2 heterocycles. The average Bonchev–Trinajstić information content (AvgIpc) is 2.76. The molecular weight excluding hydrogens is 368 g/mol. The molecule has 148 valence electrons. The Bertz CT molecular complexity index is 1120. The van der Waals surface area contributed by atoms with Gasteiger partial charge >= 0.3 is 5.97 Å². The van der Waals surface area contributed by atoms with Gasteiger partial charge in [-0.25, -0.2) is 4.79 Å². The number of benzene rings is 2. The Morgan fingerprint density at radius 3 is 2.55 bits per heavy atom. The number of fused-ring (bicyclic) bond motifs is 1. The van der Waals surface area contributed by atoms with Gasteiger partial charge < -0.3 is 14.6 Å². The summed E-state index contributed by atoms with van der Waals surface area (Å²) in [5, 5.41) is 9.67. The first-order valence-corrected chi connectivity index (χ1v) is 9.72. The number of para-hydroxylation sites is 1. The molecule has 1 saturated heterocycles. The number of carboxylic acid groups (broad SMARTS) is 1. The van der Waals surface area contributed by atoms with E-state index < -0.39 is 5.97 Å². The lowest BCUT2D eigenvalue weighted by molar-refractivity contribution is -0.133. The normalized spacial score (nSPS) is 16.7. The first-order valence-electron chi connectivity index (χ1n) is 9.72. The average molecular weight is 390 g/mol. The fraction of sp³-hybridized carbons (Fsp3) is 0.261. The molecule has 6 nitrogen and oxygen atoms in total. The fourth-order valence-corrected chi connectivity index (χ4v) is 4.02. The minimum Gasteiger partial charge on any atom is -0.478 e. The Labute approximate surface area is 168 Å². The van der Waals surface area contributed by atoms with Gasteiger partial charge in [-0.3, -0.25) is 9.59 Å². The number of carboxylic acids is 1. The Morgan fingerprint density at radius 1 is 1.03 bits per heavy atom. The summed E-state index contributed by atoms with van der Waals surface area (Å²) in [5.41, 5.74) is 2.03. The lowest BCUT2D eigenvalue weighted by Gasteiger charge is -2.33. The van der Waals surface area contributed by atoms with Crippen LogP contribution in [0.5, 0.6) is 0 Å². The maximum atomic E-state index is 13.0. The molecule has 1 aromatic heterocycles. The zero-order chi connectivity index (χ0) is 20.4. The van der Waals surface area contributed by atoms with Crippen LogP contribution in [0.4, 0.5) is 0 Å². The van der Waals surface area contributed by atoms with Crippen molar-refractivity contribution in [2.75, 3.05) is 13.1 Å². The van der Waals surface area contributed by atoms with E-state index in [2.05, 4.69) is 0 Å². The second kappa shape index (κ2) is 7.91. The summed E-state index contributed by atoms with van der Waals surface area (Å²) in [4.78, 5) is 37.9. The molecule has 0 saturated carbocycles. The molecule has 6 heteroatoms. The molecule has 0 spiro atoms. The Kier molecular flexibility index (Phi) is 5.16. The quantitative estimate of drug-likeness (QED) is 0.742. The molecule has 4 rings (SSSR count). The molecule has 0 bridgehead atoms. The number of hydrogen-bond acceptors (Lipinski definition) is 3. The summed E-state index contributed by atoms with van der Waals surface area (Å²) in [6.45, 7) is 1.51. The molecule has 0 aliphatic carbocycles. The number of hydrogen-bond donors (Lipinski definition) is 1. The van der Waals surface area contributed by atoms with Gasteiger partial charge in [0.05, 0.1) is 11.1 Å². The van der Waals surface area contributed by atoms with Gasteiger partial charge in [0.25, 0.3) is 0 Å². The summed E-state index contributed by atoms with van der Waals surface area (Å²) < 4.78 is 1.82. The third-order valence-electron chi connectivity index (χ3n) is 5.59. The van der Waals surface area contributed by atoms with Crippen LogP contribution in [0.2, 0.25) is 0 Å². The number of pyridine rings is 1. The van der Waals surface area contributed by atoms with E-state index in [1.165, 1.54) is 6.07 Å². The maximum absolute atomic E-state index is 13.0. The van der Waals surface area contributed by atoms with Crippen molar-refractivity contribution in [2.24, 2.45) is 0 Å². The van der Waals surface area contributed by atoms with Crippen LogP contribution < -0.4 is 5.43 Å². The minimum atomic E-state index is -0.939. The summed E-state index contributed by atoms with van der Waals surface area (Å²) in [6, 6.07) is 15.7. The summed E-state index contributed by atoms with van der Waals surface area (Å²) in [5.74, 6) is -0.725. The second-order valence-electron chi connectivity index (χ2n) is 7.43. The van der Waals surface area contributed by atoms with E-state index in [0.29, 0.717) is 18.5 Å². The highest BCUT2D eigenvalue weighted by Crippen LogP contribution is 2.27. The predicted octanol–water partition coefficient (Wildman–Crippen LogP) is 3.11. The fourth-order valence-electron chi connectivity index (χ4n) is 4.02. The number of piperidine rings is 1. The van der Waals surface area contributed by atoms with E-state index in [0.717, 1.165) is 23.9 Å². The smallest absolute Gasteiger partial charge is 0.335 e. The van der Waals surface area contributed by atoms with Gasteiger partial charge in [-0.1, -0.05) is 24.3 Å².